The molecule has 0 radical (unpaired) electrons. The molecule has 2 aromatic carbocycles. The molecule has 0 unspecified atom stereocenters. The Hall–Kier alpha value is -2.88. The van der Waals surface area contributed by atoms with Gasteiger partial charge in [0.25, 0.3) is 0 Å². The van der Waals surface area contributed by atoms with Crippen molar-refractivity contribution in [3.63, 3.8) is 0 Å². The van der Waals surface area contributed by atoms with E-state index < -0.39 is 15.6 Å². The maximum Gasteiger partial charge on any atom is 0.336 e. The van der Waals surface area contributed by atoms with Gasteiger partial charge in [-0.1, -0.05) is 24.9 Å². The van der Waals surface area contributed by atoms with E-state index in [1.165, 1.54) is 18.2 Å². The highest BCUT2D eigenvalue weighted by Crippen LogP contribution is 2.32. The van der Waals surface area contributed by atoms with Gasteiger partial charge in [0, 0.05) is 24.1 Å². The van der Waals surface area contributed by atoms with Crippen molar-refractivity contribution in [3.05, 3.63) is 63.2 Å². The van der Waals surface area contributed by atoms with Crippen LogP contribution >= 0.6 is 11.6 Å². The van der Waals surface area contributed by atoms with Gasteiger partial charge in [-0.2, -0.15) is 0 Å². The number of sulfonamides is 1. The molecule has 4 rings (SSSR count). The van der Waals surface area contributed by atoms with E-state index in [4.69, 9.17) is 25.9 Å². The summed E-state index contributed by atoms with van der Waals surface area (Å²) in [5.41, 5.74) is 1.99. The van der Waals surface area contributed by atoms with Gasteiger partial charge in [0.05, 0.1) is 21.0 Å². The Bertz CT molecular complexity index is 1490. The second-order valence-electron chi connectivity index (χ2n) is 7.54. The first-order chi connectivity index (χ1) is 15.2. The lowest BCUT2D eigenvalue weighted by Gasteiger charge is -2.12. The van der Waals surface area contributed by atoms with Crippen LogP contribution in [0.3, 0.4) is 0 Å². The van der Waals surface area contributed by atoms with E-state index in [9.17, 15) is 13.2 Å². The average molecular weight is 476 g/mol. The van der Waals surface area contributed by atoms with E-state index >= 15 is 0 Å². The highest BCUT2D eigenvalue weighted by molar-refractivity contribution is 7.89. The van der Waals surface area contributed by atoms with Crippen LogP contribution in [0, 0.1) is 6.92 Å². The number of fused-ring (bicyclic) bond motifs is 2. The molecule has 168 valence electrons. The number of nitrogens with zero attached hydrogens (tertiary/aromatic N) is 2. The minimum atomic E-state index is -3.84. The predicted octanol–water partition coefficient (Wildman–Crippen LogP) is 4.13. The molecule has 0 saturated carbocycles. The molecule has 0 spiro atoms. The summed E-state index contributed by atoms with van der Waals surface area (Å²) in [6.07, 6.45) is 1.89. The maximum atomic E-state index is 11.7. The number of unbranched alkanes of at least 4 members (excludes halogenated alkanes) is 1. The zero-order chi connectivity index (χ0) is 23.0. The van der Waals surface area contributed by atoms with Crippen molar-refractivity contribution in [2.75, 3.05) is 0 Å². The van der Waals surface area contributed by atoms with Crippen LogP contribution in [-0.4, -0.2) is 18.0 Å². The van der Waals surface area contributed by atoms with E-state index in [0.29, 0.717) is 34.2 Å². The molecule has 0 atom stereocenters. The second kappa shape index (κ2) is 8.57. The van der Waals surface area contributed by atoms with Crippen molar-refractivity contribution in [3.8, 4) is 5.75 Å². The molecule has 4 aromatic rings. The third-order valence-corrected chi connectivity index (χ3v) is 6.43. The van der Waals surface area contributed by atoms with Crippen LogP contribution in [-0.2, 0) is 23.2 Å². The van der Waals surface area contributed by atoms with Gasteiger partial charge >= 0.3 is 5.63 Å². The average Bonchev–Trinajstić information content (AvgIpc) is 3.07. The van der Waals surface area contributed by atoms with Gasteiger partial charge in [0.2, 0.25) is 10.0 Å². The zero-order valence-corrected chi connectivity index (χ0v) is 19.2. The van der Waals surface area contributed by atoms with Gasteiger partial charge < -0.3 is 13.7 Å². The lowest BCUT2D eigenvalue weighted by Crippen LogP contribution is -2.11. The Balaban J connectivity index is 1.72. The number of rotatable bonds is 7. The molecule has 0 amide bonds. The van der Waals surface area contributed by atoms with Crippen LogP contribution in [0.15, 0.2) is 50.5 Å². The van der Waals surface area contributed by atoms with Crippen molar-refractivity contribution in [1.82, 2.24) is 9.55 Å². The fraction of sp³-hybridized carbons (Fsp3) is 0.273. The van der Waals surface area contributed by atoms with Gasteiger partial charge in [-0.05, 0) is 43.2 Å². The van der Waals surface area contributed by atoms with E-state index in [1.807, 2.05) is 11.5 Å². The van der Waals surface area contributed by atoms with E-state index in [-0.39, 0.29) is 11.5 Å². The van der Waals surface area contributed by atoms with Crippen molar-refractivity contribution in [2.45, 2.75) is 44.7 Å². The first kappa shape index (κ1) is 22.3. The standard InChI is InChI=1S/C22H22ClN3O5S/c1-3-4-7-26-18-6-5-14(32(24,28)29)9-17(18)25-21(26)12-30-20-11-19-15(10-16(20)23)13(2)8-22(27)31-19/h5-6,8-11H,3-4,7,12H2,1-2H3,(H2,24,28,29). The van der Waals surface area contributed by atoms with Crippen LogP contribution in [0.4, 0.5) is 0 Å². The number of ether oxygens (including phenoxy) is 1. The minimum absolute atomic E-state index is 0.000539. The Labute approximate surface area is 189 Å². The zero-order valence-electron chi connectivity index (χ0n) is 17.6. The summed E-state index contributed by atoms with van der Waals surface area (Å²) >= 11 is 6.40. The summed E-state index contributed by atoms with van der Waals surface area (Å²) in [6.45, 7) is 4.67. The summed E-state index contributed by atoms with van der Waals surface area (Å²) in [6, 6.07) is 9.31. The molecule has 10 heteroatoms. The molecule has 2 heterocycles. The number of nitrogens with two attached hydrogens (primary N) is 1. The molecule has 2 aromatic heterocycles. The van der Waals surface area contributed by atoms with Gasteiger partial charge in [0.1, 0.15) is 23.8 Å². The number of hydrogen-bond donors (Lipinski definition) is 1. The summed E-state index contributed by atoms with van der Waals surface area (Å²) in [5, 5.41) is 6.36. The molecule has 32 heavy (non-hydrogen) atoms. The highest BCUT2D eigenvalue weighted by Gasteiger charge is 2.16. The first-order valence-electron chi connectivity index (χ1n) is 10.1. The molecule has 0 aliphatic carbocycles. The number of aryl methyl sites for hydroxylation is 2. The van der Waals surface area contributed by atoms with Gasteiger partial charge in [-0.3, -0.25) is 0 Å². The Kier molecular flexibility index (Phi) is 5.98. The molecule has 0 aliphatic rings. The lowest BCUT2D eigenvalue weighted by atomic mass is 10.1. The normalized spacial score (nSPS) is 12.0. The molecule has 0 aliphatic heterocycles. The van der Waals surface area contributed by atoms with E-state index in [0.717, 1.165) is 29.3 Å². The minimum Gasteiger partial charge on any atom is -0.484 e. The SMILES string of the molecule is CCCCn1c(COc2cc3oc(=O)cc(C)c3cc2Cl)nc2cc(S(N)(=O)=O)ccc21. The Morgan fingerprint density at radius 3 is 2.72 bits per heavy atom. The van der Waals surface area contributed by atoms with E-state index in [2.05, 4.69) is 11.9 Å². The Morgan fingerprint density at radius 1 is 1.22 bits per heavy atom. The van der Waals surface area contributed by atoms with Crippen molar-refractivity contribution in [1.29, 1.82) is 0 Å². The molecular formula is C22H22ClN3O5S. The third-order valence-electron chi connectivity index (χ3n) is 5.22. The van der Waals surface area contributed by atoms with Crippen LogP contribution in [0.2, 0.25) is 5.02 Å². The highest BCUT2D eigenvalue weighted by atomic mass is 35.5. The van der Waals surface area contributed by atoms with Crippen molar-refractivity contribution < 1.29 is 17.6 Å². The largest absolute Gasteiger partial charge is 0.484 e. The fourth-order valence-electron chi connectivity index (χ4n) is 3.59. The van der Waals surface area contributed by atoms with Gasteiger partial charge in [-0.15, -0.1) is 0 Å². The Morgan fingerprint density at radius 2 is 2.00 bits per heavy atom. The summed E-state index contributed by atoms with van der Waals surface area (Å²) in [4.78, 5) is 16.3. The summed E-state index contributed by atoms with van der Waals surface area (Å²) in [5.74, 6) is 0.967. The molecule has 0 saturated heterocycles. The summed E-state index contributed by atoms with van der Waals surface area (Å²) in [7, 11) is -3.84. The van der Waals surface area contributed by atoms with Crippen LogP contribution in [0.25, 0.3) is 22.0 Å². The molecule has 2 N–H and O–H groups in total. The second-order valence-corrected chi connectivity index (χ2v) is 9.51. The van der Waals surface area contributed by atoms with Crippen molar-refractivity contribution >= 4 is 43.6 Å². The van der Waals surface area contributed by atoms with Crippen LogP contribution < -0.4 is 15.5 Å². The van der Waals surface area contributed by atoms with Gasteiger partial charge in [-0.25, -0.2) is 23.3 Å². The number of aromatic nitrogens is 2. The third kappa shape index (κ3) is 4.36. The van der Waals surface area contributed by atoms with Crippen molar-refractivity contribution in [2.24, 2.45) is 5.14 Å². The number of hydrogen-bond acceptors (Lipinski definition) is 6. The predicted molar refractivity (Wildman–Crippen MR) is 123 cm³/mol. The number of imidazole rings is 1. The number of halogens is 1. The molecule has 0 fully saturated rings. The van der Waals surface area contributed by atoms with Crippen LogP contribution in [0.1, 0.15) is 31.2 Å². The lowest BCUT2D eigenvalue weighted by molar-refractivity contribution is 0.290. The maximum absolute atomic E-state index is 11.7. The van der Waals surface area contributed by atoms with Gasteiger partial charge in [0.15, 0.2) is 0 Å². The summed E-state index contributed by atoms with van der Waals surface area (Å²) < 4.78 is 36.6. The smallest absolute Gasteiger partial charge is 0.336 e. The monoisotopic (exact) mass is 475 g/mol. The first-order valence-corrected chi connectivity index (χ1v) is 12.0. The topological polar surface area (TPSA) is 117 Å². The number of benzene rings is 2. The molecular weight excluding hydrogens is 454 g/mol. The fourth-order valence-corrected chi connectivity index (χ4v) is 4.34. The number of primary sulfonamides is 1. The van der Waals surface area contributed by atoms with Crippen LogP contribution in [0.5, 0.6) is 5.75 Å². The quantitative estimate of drug-likeness (QED) is 0.401. The molecule has 8 nitrogen and oxygen atoms in total. The molecule has 0 bridgehead atoms. The van der Waals surface area contributed by atoms with E-state index in [1.54, 1.807) is 18.2 Å².